The lowest BCUT2D eigenvalue weighted by Crippen LogP contribution is -2.07. The molecule has 1 rings (SSSR count). The Morgan fingerprint density at radius 2 is 2.40 bits per heavy atom. The molecule has 1 heteroatoms. The fourth-order valence-electron chi connectivity index (χ4n) is 1.84. The Hall–Kier alpha value is 0.220. The van der Waals surface area contributed by atoms with E-state index in [-0.39, 0.29) is 0 Å². The van der Waals surface area contributed by atoms with Gasteiger partial charge in [0.05, 0.1) is 0 Å². The van der Waals surface area contributed by atoms with Crippen molar-refractivity contribution in [2.45, 2.75) is 26.7 Å². The van der Waals surface area contributed by atoms with Crippen molar-refractivity contribution in [3.05, 3.63) is 11.6 Å². The van der Waals surface area contributed by atoms with Crippen LogP contribution in [0.4, 0.5) is 0 Å². The summed E-state index contributed by atoms with van der Waals surface area (Å²) < 4.78 is 0. The zero-order valence-electron chi connectivity index (χ0n) is 6.73. The van der Waals surface area contributed by atoms with Crippen LogP contribution in [0.3, 0.4) is 0 Å². The molecule has 0 spiro atoms. The fraction of sp³-hybridized carbons (Fsp3) is 0.778. The molecule has 0 aromatic rings. The fourth-order valence-corrected chi connectivity index (χ4v) is 2.48. The van der Waals surface area contributed by atoms with Crippen LogP contribution in [0.15, 0.2) is 11.6 Å². The molecule has 0 bridgehead atoms. The van der Waals surface area contributed by atoms with Gasteiger partial charge >= 0.3 is 0 Å². The molecule has 10 heavy (non-hydrogen) atoms. The normalized spacial score (nSPS) is 32.5. The molecule has 0 saturated carbocycles. The van der Waals surface area contributed by atoms with E-state index in [2.05, 4.69) is 35.9 Å². The summed E-state index contributed by atoms with van der Waals surface area (Å²) in [6.07, 6.45) is 4.99. The van der Waals surface area contributed by atoms with Crippen molar-refractivity contribution in [3.63, 3.8) is 0 Å². The topological polar surface area (TPSA) is 0 Å². The third-order valence-electron chi connectivity index (χ3n) is 2.51. The summed E-state index contributed by atoms with van der Waals surface area (Å²) in [5.41, 5.74) is 1.62. The van der Waals surface area contributed by atoms with Gasteiger partial charge < -0.3 is 0 Å². The average Bonchev–Trinajstić information content (AvgIpc) is 2.30. The van der Waals surface area contributed by atoms with E-state index < -0.39 is 0 Å². The highest BCUT2D eigenvalue weighted by Gasteiger charge is 2.23. The van der Waals surface area contributed by atoms with Crippen LogP contribution in [-0.2, 0) is 0 Å². The first-order chi connectivity index (χ1) is 4.79. The van der Waals surface area contributed by atoms with Crippen LogP contribution in [-0.4, -0.2) is 5.33 Å². The van der Waals surface area contributed by atoms with Crippen molar-refractivity contribution < 1.29 is 0 Å². The maximum atomic E-state index is 3.52. The zero-order chi connectivity index (χ0) is 7.56. The second-order valence-electron chi connectivity index (χ2n) is 3.14. The minimum atomic E-state index is 0.861. The molecule has 0 aromatic carbocycles. The molecule has 0 aliphatic heterocycles. The monoisotopic (exact) mass is 202 g/mol. The quantitative estimate of drug-likeness (QED) is 0.476. The first kappa shape index (κ1) is 8.32. The third kappa shape index (κ3) is 1.45. The summed E-state index contributed by atoms with van der Waals surface area (Å²) in [7, 11) is 0. The lowest BCUT2D eigenvalue weighted by Gasteiger charge is -2.15. The van der Waals surface area contributed by atoms with Crippen molar-refractivity contribution in [3.8, 4) is 0 Å². The van der Waals surface area contributed by atoms with Crippen LogP contribution in [0.1, 0.15) is 26.7 Å². The van der Waals surface area contributed by atoms with Crippen molar-refractivity contribution in [2.24, 2.45) is 11.8 Å². The van der Waals surface area contributed by atoms with Crippen molar-refractivity contribution in [1.82, 2.24) is 0 Å². The highest BCUT2D eigenvalue weighted by atomic mass is 79.9. The van der Waals surface area contributed by atoms with Gasteiger partial charge in [-0.1, -0.05) is 41.4 Å². The zero-order valence-corrected chi connectivity index (χ0v) is 8.32. The Labute approximate surface area is 71.8 Å². The van der Waals surface area contributed by atoms with Gasteiger partial charge in [0.15, 0.2) is 0 Å². The maximum absolute atomic E-state index is 3.52. The summed E-state index contributed by atoms with van der Waals surface area (Å²) in [6.45, 7) is 4.63. The SMILES string of the molecule is CCC1C(CBr)=CCC1C. The Morgan fingerprint density at radius 1 is 1.70 bits per heavy atom. The molecule has 58 valence electrons. The molecule has 1 aliphatic rings. The van der Waals surface area contributed by atoms with Gasteiger partial charge in [-0.25, -0.2) is 0 Å². The van der Waals surface area contributed by atoms with E-state index in [1.54, 1.807) is 5.57 Å². The Balaban J connectivity index is 2.57. The summed E-state index contributed by atoms with van der Waals surface area (Å²) in [5, 5.41) is 1.08. The van der Waals surface area contributed by atoms with Gasteiger partial charge in [-0.2, -0.15) is 0 Å². The van der Waals surface area contributed by atoms with E-state index in [0.717, 1.165) is 17.2 Å². The van der Waals surface area contributed by atoms with Gasteiger partial charge in [0.1, 0.15) is 0 Å². The van der Waals surface area contributed by atoms with Crippen LogP contribution >= 0.6 is 15.9 Å². The van der Waals surface area contributed by atoms with E-state index in [1.165, 1.54) is 12.8 Å². The van der Waals surface area contributed by atoms with Gasteiger partial charge in [0.25, 0.3) is 0 Å². The number of allylic oxidation sites excluding steroid dienone is 2. The molecule has 0 aromatic heterocycles. The Kier molecular flexibility index (Phi) is 2.96. The minimum Gasteiger partial charge on any atom is -0.0880 e. The molecular formula is C9H15Br. The van der Waals surface area contributed by atoms with E-state index in [9.17, 15) is 0 Å². The molecule has 2 atom stereocenters. The van der Waals surface area contributed by atoms with E-state index in [1.807, 2.05) is 0 Å². The lowest BCUT2D eigenvalue weighted by molar-refractivity contribution is 0.435. The maximum Gasteiger partial charge on any atom is 0.0244 e. The lowest BCUT2D eigenvalue weighted by atomic mass is 9.91. The van der Waals surface area contributed by atoms with Gasteiger partial charge in [0, 0.05) is 5.33 Å². The highest BCUT2D eigenvalue weighted by molar-refractivity contribution is 9.09. The average molecular weight is 203 g/mol. The van der Waals surface area contributed by atoms with E-state index >= 15 is 0 Å². The van der Waals surface area contributed by atoms with Crippen molar-refractivity contribution in [1.29, 1.82) is 0 Å². The molecule has 0 fully saturated rings. The van der Waals surface area contributed by atoms with E-state index in [0.29, 0.717) is 0 Å². The van der Waals surface area contributed by atoms with Crippen molar-refractivity contribution >= 4 is 15.9 Å². The molecule has 0 N–H and O–H groups in total. The molecule has 0 radical (unpaired) electrons. The first-order valence-corrected chi connectivity index (χ1v) is 5.16. The summed E-state index contributed by atoms with van der Waals surface area (Å²) in [6, 6.07) is 0. The third-order valence-corrected chi connectivity index (χ3v) is 3.16. The number of halogens is 1. The highest BCUT2D eigenvalue weighted by Crippen LogP contribution is 2.34. The predicted octanol–water partition coefficient (Wildman–Crippen LogP) is 3.37. The van der Waals surface area contributed by atoms with Crippen LogP contribution in [0.25, 0.3) is 0 Å². The molecular weight excluding hydrogens is 188 g/mol. The molecule has 0 heterocycles. The minimum absolute atomic E-state index is 0.861. The first-order valence-electron chi connectivity index (χ1n) is 4.04. The van der Waals surface area contributed by atoms with Gasteiger partial charge in [-0.15, -0.1) is 0 Å². The Bertz CT molecular complexity index is 138. The van der Waals surface area contributed by atoms with Gasteiger partial charge in [-0.3, -0.25) is 0 Å². The molecule has 1 aliphatic carbocycles. The number of hydrogen-bond donors (Lipinski definition) is 0. The standard InChI is InChI=1S/C9H15Br/c1-3-9-7(2)4-5-8(9)6-10/h5,7,9H,3-4,6H2,1-2H3. The molecule has 2 unspecified atom stereocenters. The largest absolute Gasteiger partial charge is 0.0880 e. The van der Waals surface area contributed by atoms with Gasteiger partial charge in [-0.05, 0) is 24.7 Å². The van der Waals surface area contributed by atoms with Crippen molar-refractivity contribution in [2.75, 3.05) is 5.33 Å². The number of alkyl halides is 1. The molecule has 0 amide bonds. The molecule has 0 saturated heterocycles. The van der Waals surface area contributed by atoms with Gasteiger partial charge in [0.2, 0.25) is 0 Å². The predicted molar refractivity (Wildman–Crippen MR) is 49.4 cm³/mol. The van der Waals surface area contributed by atoms with Crippen LogP contribution in [0.5, 0.6) is 0 Å². The summed E-state index contributed by atoms with van der Waals surface area (Å²) in [5.74, 6) is 1.75. The second-order valence-corrected chi connectivity index (χ2v) is 3.70. The number of hydrogen-bond acceptors (Lipinski definition) is 0. The molecule has 0 nitrogen and oxygen atoms in total. The second kappa shape index (κ2) is 3.56. The van der Waals surface area contributed by atoms with Crippen LogP contribution in [0, 0.1) is 11.8 Å². The number of rotatable bonds is 2. The smallest absolute Gasteiger partial charge is 0.0244 e. The summed E-state index contributed by atoms with van der Waals surface area (Å²) >= 11 is 3.52. The van der Waals surface area contributed by atoms with Crippen LogP contribution < -0.4 is 0 Å². The van der Waals surface area contributed by atoms with E-state index in [4.69, 9.17) is 0 Å². The summed E-state index contributed by atoms with van der Waals surface area (Å²) in [4.78, 5) is 0. The van der Waals surface area contributed by atoms with Crippen LogP contribution in [0.2, 0.25) is 0 Å². The Morgan fingerprint density at radius 3 is 2.80 bits per heavy atom.